The lowest BCUT2D eigenvalue weighted by Crippen LogP contribution is -2.40. The van der Waals surface area contributed by atoms with Crippen molar-refractivity contribution in [2.45, 2.75) is 11.3 Å². The number of ether oxygens (including phenoxy) is 2. The third-order valence-corrected chi connectivity index (χ3v) is 5.87. The summed E-state index contributed by atoms with van der Waals surface area (Å²) in [4.78, 5) is 12.1. The minimum Gasteiger partial charge on any atom is -0.426 e. The molecule has 0 atom stereocenters. The molecule has 0 saturated carbocycles. The van der Waals surface area contributed by atoms with Gasteiger partial charge in [0, 0.05) is 13.1 Å². The van der Waals surface area contributed by atoms with Gasteiger partial charge in [-0.25, -0.2) is 12.8 Å². The van der Waals surface area contributed by atoms with E-state index in [-0.39, 0.29) is 22.6 Å². The maximum atomic E-state index is 13.6. The van der Waals surface area contributed by atoms with Crippen molar-refractivity contribution in [3.63, 3.8) is 0 Å². The summed E-state index contributed by atoms with van der Waals surface area (Å²) < 4.78 is 50.3. The average Bonchev–Trinajstić information content (AvgIpc) is 2.65. The molecule has 6 nitrogen and oxygen atoms in total. The zero-order chi connectivity index (χ0) is 18.6. The molecule has 8 heteroatoms. The molecule has 0 bridgehead atoms. The molecule has 2 aromatic rings. The molecule has 0 radical (unpaired) electrons. The number of morpholine rings is 1. The van der Waals surface area contributed by atoms with E-state index in [1.165, 1.54) is 46.8 Å². The standard InChI is InChI=1S/C18H18FNO5S/c19-17-4-2-1-3-14(17)13-18(21)25-15-5-7-16(8-6-15)26(22,23)20-9-11-24-12-10-20/h1-8H,9-13H2. The maximum absolute atomic E-state index is 13.6. The molecule has 1 fully saturated rings. The molecule has 138 valence electrons. The number of hydrogen-bond acceptors (Lipinski definition) is 5. The Morgan fingerprint density at radius 2 is 1.73 bits per heavy atom. The Balaban J connectivity index is 1.66. The van der Waals surface area contributed by atoms with Gasteiger partial charge in [0.2, 0.25) is 10.0 Å². The highest BCUT2D eigenvalue weighted by atomic mass is 32.2. The van der Waals surface area contributed by atoms with Crippen LogP contribution in [-0.4, -0.2) is 45.0 Å². The lowest BCUT2D eigenvalue weighted by atomic mass is 10.1. The second-order valence-electron chi connectivity index (χ2n) is 5.73. The third-order valence-electron chi connectivity index (χ3n) is 3.96. The summed E-state index contributed by atoms with van der Waals surface area (Å²) >= 11 is 0. The zero-order valence-electron chi connectivity index (χ0n) is 13.9. The quantitative estimate of drug-likeness (QED) is 0.587. The fourth-order valence-electron chi connectivity index (χ4n) is 2.58. The van der Waals surface area contributed by atoms with Crippen molar-refractivity contribution in [2.24, 2.45) is 0 Å². The highest BCUT2D eigenvalue weighted by molar-refractivity contribution is 7.89. The van der Waals surface area contributed by atoms with Crippen molar-refractivity contribution in [1.29, 1.82) is 0 Å². The van der Waals surface area contributed by atoms with Crippen LogP contribution < -0.4 is 4.74 Å². The van der Waals surface area contributed by atoms with Crippen molar-refractivity contribution in [1.82, 2.24) is 4.31 Å². The van der Waals surface area contributed by atoms with Crippen molar-refractivity contribution in [3.8, 4) is 5.75 Å². The molecule has 0 amide bonds. The van der Waals surface area contributed by atoms with E-state index < -0.39 is 21.8 Å². The Hall–Kier alpha value is -2.29. The summed E-state index contributed by atoms with van der Waals surface area (Å²) in [5, 5.41) is 0. The molecule has 2 aromatic carbocycles. The highest BCUT2D eigenvalue weighted by Crippen LogP contribution is 2.21. The number of carbonyl (C=O) groups excluding carboxylic acids is 1. The van der Waals surface area contributed by atoms with E-state index in [2.05, 4.69) is 0 Å². The van der Waals surface area contributed by atoms with Crippen LogP contribution in [0.3, 0.4) is 0 Å². The predicted molar refractivity (Wildman–Crippen MR) is 91.8 cm³/mol. The number of sulfonamides is 1. The summed E-state index contributed by atoms with van der Waals surface area (Å²) in [5.41, 5.74) is 0.240. The van der Waals surface area contributed by atoms with E-state index in [4.69, 9.17) is 9.47 Å². The lowest BCUT2D eigenvalue weighted by molar-refractivity contribution is -0.133. The van der Waals surface area contributed by atoms with Gasteiger partial charge in [0.1, 0.15) is 11.6 Å². The molecule has 1 aliphatic rings. The number of esters is 1. The summed E-state index contributed by atoms with van der Waals surface area (Å²) in [6.07, 6.45) is -0.208. The molecule has 0 N–H and O–H groups in total. The summed E-state index contributed by atoms with van der Waals surface area (Å²) in [6, 6.07) is 11.5. The molecule has 0 unspecified atom stereocenters. The normalized spacial score (nSPS) is 15.6. The summed E-state index contributed by atoms with van der Waals surface area (Å²) in [5.74, 6) is -0.900. The van der Waals surface area contributed by atoms with Crippen molar-refractivity contribution in [3.05, 3.63) is 59.9 Å². The Kier molecular flexibility index (Phi) is 5.65. The molecule has 3 rings (SSSR count). The average molecular weight is 379 g/mol. The fraction of sp³-hybridized carbons (Fsp3) is 0.278. The van der Waals surface area contributed by atoms with Gasteiger partial charge >= 0.3 is 5.97 Å². The first-order valence-corrected chi connectivity index (χ1v) is 9.53. The van der Waals surface area contributed by atoms with E-state index in [1.54, 1.807) is 6.07 Å². The van der Waals surface area contributed by atoms with E-state index in [0.29, 0.717) is 26.3 Å². The molecule has 0 aromatic heterocycles. The maximum Gasteiger partial charge on any atom is 0.315 e. The first-order valence-electron chi connectivity index (χ1n) is 8.09. The van der Waals surface area contributed by atoms with E-state index in [1.807, 2.05) is 0 Å². The molecule has 1 aliphatic heterocycles. The van der Waals surface area contributed by atoms with Crippen LogP contribution >= 0.6 is 0 Å². The molecular formula is C18H18FNO5S. The third kappa shape index (κ3) is 4.27. The van der Waals surface area contributed by atoms with Gasteiger partial charge in [-0.3, -0.25) is 4.79 Å². The minimum absolute atomic E-state index is 0.119. The second-order valence-corrected chi connectivity index (χ2v) is 7.67. The predicted octanol–water partition coefficient (Wildman–Crippen LogP) is 1.99. The monoisotopic (exact) mass is 379 g/mol. The first-order chi connectivity index (χ1) is 12.5. The van der Waals surface area contributed by atoms with Crippen LogP contribution in [0, 0.1) is 5.82 Å². The van der Waals surface area contributed by atoms with Crippen LogP contribution in [-0.2, 0) is 26.0 Å². The topological polar surface area (TPSA) is 72.9 Å². The van der Waals surface area contributed by atoms with Gasteiger partial charge < -0.3 is 9.47 Å². The SMILES string of the molecule is O=C(Cc1ccccc1F)Oc1ccc(S(=O)(=O)N2CCOCC2)cc1. The van der Waals surface area contributed by atoms with Crippen molar-refractivity contribution >= 4 is 16.0 Å². The Labute approximate surface area is 151 Å². The number of carbonyl (C=O) groups is 1. The van der Waals surface area contributed by atoms with Gasteiger partial charge in [-0.1, -0.05) is 18.2 Å². The van der Waals surface area contributed by atoms with E-state index >= 15 is 0 Å². The fourth-order valence-corrected chi connectivity index (χ4v) is 3.99. The second kappa shape index (κ2) is 7.94. The lowest BCUT2D eigenvalue weighted by Gasteiger charge is -2.26. The van der Waals surface area contributed by atoms with E-state index in [0.717, 1.165) is 0 Å². The minimum atomic E-state index is -3.60. The van der Waals surface area contributed by atoms with Crippen LogP contribution in [0.2, 0.25) is 0 Å². The van der Waals surface area contributed by atoms with Crippen molar-refractivity contribution in [2.75, 3.05) is 26.3 Å². The van der Waals surface area contributed by atoms with Crippen LogP contribution in [0.5, 0.6) is 5.75 Å². The smallest absolute Gasteiger partial charge is 0.315 e. The number of rotatable bonds is 5. The number of hydrogen-bond donors (Lipinski definition) is 0. The van der Waals surface area contributed by atoms with Gasteiger partial charge in [-0.15, -0.1) is 0 Å². The van der Waals surface area contributed by atoms with Crippen LogP contribution in [0.15, 0.2) is 53.4 Å². The Morgan fingerprint density at radius 3 is 2.38 bits per heavy atom. The van der Waals surface area contributed by atoms with Gasteiger partial charge in [0.05, 0.1) is 24.5 Å². The van der Waals surface area contributed by atoms with Gasteiger partial charge in [0.15, 0.2) is 0 Å². The molecular weight excluding hydrogens is 361 g/mol. The summed E-state index contributed by atoms with van der Waals surface area (Å²) in [6.45, 7) is 1.35. The summed E-state index contributed by atoms with van der Waals surface area (Å²) in [7, 11) is -3.60. The number of nitrogens with zero attached hydrogens (tertiary/aromatic N) is 1. The molecule has 1 saturated heterocycles. The number of halogens is 1. The Bertz CT molecular complexity index is 877. The van der Waals surface area contributed by atoms with E-state index in [9.17, 15) is 17.6 Å². The molecule has 0 spiro atoms. The van der Waals surface area contributed by atoms with Crippen LogP contribution in [0.1, 0.15) is 5.56 Å². The Morgan fingerprint density at radius 1 is 1.08 bits per heavy atom. The zero-order valence-corrected chi connectivity index (χ0v) is 14.7. The van der Waals surface area contributed by atoms with Crippen molar-refractivity contribution < 1.29 is 27.1 Å². The first kappa shape index (κ1) is 18.5. The molecule has 0 aliphatic carbocycles. The van der Waals surface area contributed by atoms with Gasteiger partial charge in [-0.05, 0) is 35.9 Å². The number of benzene rings is 2. The van der Waals surface area contributed by atoms with Crippen LogP contribution in [0.25, 0.3) is 0 Å². The van der Waals surface area contributed by atoms with Gasteiger partial charge in [0.25, 0.3) is 0 Å². The molecule has 1 heterocycles. The largest absolute Gasteiger partial charge is 0.426 e. The molecule has 26 heavy (non-hydrogen) atoms. The highest BCUT2D eigenvalue weighted by Gasteiger charge is 2.26. The van der Waals surface area contributed by atoms with Crippen LogP contribution in [0.4, 0.5) is 4.39 Å². The van der Waals surface area contributed by atoms with Gasteiger partial charge in [-0.2, -0.15) is 4.31 Å².